The van der Waals surface area contributed by atoms with Crippen LogP contribution in [0.2, 0.25) is 0 Å². The average molecular weight is 228 g/mol. The average Bonchev–Trinajstić information content (AvgIpc) is 2.31. The fourth-order valence-corrected chi connectivity index (χ4v) is 1.21. The highest BCUT2D eigenvalue weighted by atomic mass is 16.7. The highest BCUT2D eigenvalue weighted by Gasteiger charge is 1.95. The summed E-state index contributed by atoms with van der Waals surface area (Å²) in [5.41, 5.74) is 0. The van der Waals surface area contributed by atoms with E-state index in [0.717, 1.165) is 32.0 Å². The Balaban J connectivity index is 3.47. The summed E-state index contributed by atoms with van der Waals surface area (Å²) in [6.07, 6.45) is 9.06. The van der Waals surface area contributed by atoms with E-state index in [1.807, 2.05) is 6.08 Å². The maximum absolute atomic E-state index is 10.6. The minimum atomic E-state index is 0.181. The van der Waals surface area contributed by atoms with E-state index in [2.05, 4.69) is 13.8 Å². The topological polar surface area (TPSA) is 35.5 Å². The van der Waals surface area contributed by atoms with E-state index >= 15 is 0 Å². The SMILES string of the molecule is CCCCC=C(C=O)OCOCCCCC. The van der Waals surface area contributed by atoms with Crippen molar-refractivity contribution in [3.63, 3.8) is 0 Å². The standard InChI is InChI=1S/C13H24O3/c1-3-5-7-9-13(11-14)16-12-15-10-8-6-4-2/h9,11H,3-8,10,12H2,1-2H3. The van der Waals surface area contributed by atoms with Crippen LogP contribution in [-0.2, 0) is 14.3 Å². The van der Waals surface area contributed by atoms with E-state index in [1.165, 1.54) is 12.8 Å². The second-order valence-corrected chi connectivity index (χ2v) is 3.74. The normalized spacial score (nSPS) is 11.5. The largest absolute Gasteiger partial charge is 0.464 e. The molecule has 0 amide bonds. The third-order valence-electron chi connectivity index (χ3n) is 2.22. The quantitative estimate of drug-likeness (QED) is 0.179. The van der Waals surface area contributed by atoms with Gasteiger partial charge in [-0.15, -0.1) is 0 Å². The minimum Gasteiger partial charge on any atom is -0.464 e. The summed E-state index contributed by atoms with van der Waals surface area (Å²) in [6.45, 7) is 5.15. The van der Waals surface area contributed by atoms with Crippen molar-refractivity contribution in [2.45, 2.75) is 52.4 Å². The molecule has 0 bridgehead atoms. The molecule has 3 heteroatoms. The zero-order chi connectivity index (χ0) is 12.1. The van der Waals surface area contributed by atoms with Crippen molar-refractivity contribution >= 4 is 6.29 Å². The molecule has 0 fully saturated rings. The zero-order valence-corrected chi connectivity index (χ0v) is 10.5. The lowest BCUT2D eigenvalue weighted by atomic mass is 10.2. The van der Waals surface area contributed by atoms with Crippen molar-refractivity contribution in [2.24, 2.45) is 0 Å². The van der Waals surface area contributed by atoms with Crippen LogP contribution in [0, 0.1) is 0 Å². The Hall–Kier alpha value is -0.830. The predicted octanol–water partition coefficient (Wildman–Crippen LogP) is 3.44. The summed E-state index contributed by atoms with van der Waals surface area (Å²) in [7, 11) is 0. The maximum Gasteiger partial charge on any atom is 0.189 e. The van der Waals surface area contributed by atoms with Gasteiger partial charge >= 0.3 is 0 Å². The van der Waals surface area contributed by atoms with E-state index in [9.17, 15) is 4.79 Å². The molecule has 3 nitrogen and oxygen atoms in total. The van der Waals surface area contributed by atoms with Crippen LogP contribution < -0.4 is 0 Å². The fourth-order valence-electron chi connectivity index (χ4n) is 1.21. The molecule has 0 aromatic heterocycles. The van der Waals surface area contributed by atoms with Crippen molar-refractivity contribution in [1.82, 2.24) is 0 Å². The van der Waals surface area contributed by atoms with Crippen LogP contribution in [0.5, 0.6) is 0 Å². The van der Waals surface area contributed by atoms with Gasteiger partial charge in [0.15, 0.2) is 18.8 Å². The number of rotatable bonds is 11. The van der Waals surface area contributed by atoms with Crippen molar-refractivity contribution in [1.29, 1.82) is 0 Å². The smallest absolute Gasteiger partial charge is 0.189 e. The molecule has 0 heterocycles. The molecule has 0 N–H and O–H groups in total. The Morgan fingerprint density at radius 2 is 1.88 bits per heavy atom. The van der Waals surface area contributed by atoms with E-state index in [-0.39, 0.29) is 6.79 Å². The number of hydrogen-bond donors (Lipinski definition) is 0. The fraction of sp³-hybridized carbons (Fsp3) is 0.769. The van der Waals surface area contributed by atoms with Crippen molar-refractivity contribution in [3.05, 3.63) is 11.8 Å². The van der Waals surface area contributed by atoms with Gasteiger partial charge in [0.25, 0.3) is 0 Å². The Bertz CT molecular complexity index is 188. The molecule has 0 atom stereocenters. The third kappa shape index (κ3) is 9.71. The van der Waals surface area contributed by atoms with Gasteiger partial charge in [0, 0.05) is 0 Å². The highest BCUT2D eigenvalue weighted by Crippen LogP contribution is 2.01. The van der Waals surface area contributed by atoms with Gasteiger partial charge in [0.1, 0.15) is 0 Å². The van der Waals surface area contributed by atoms with Crippen LogP contribution in [0.4, 0.5) is 0 Å². The van der Waals surface area contributed by atoms with E-state index in [1.54, 1.807) is 0 Å². The summed E-state index contributed by atoms with van der Waals surface area (Å²) in [5, 5.41) is 0. The van der Waals surface area contributed by atoms with Crippen LogP contribution in [0.1, 0.15) is 52.4 Å². The molecular weight excluding hydrogens is 204 g/mol. The monoisotopic (exact) mass is 228 g/mol. The first kappa shape index (κ1) is 15.2. The Labute approximate surface area is 98.8 Å². The molecular formula is C13H24O3. The highest BCUT2D eigenvalue weighted by molar-refractivity contribution is 5.69. The molecule has 0 saturated heterocycles. The summed E-state index contributed by atoms with van der Waals surface area (Å²) < 4.78 is 10.4. The molecule has 0 aliphatic rings. The molecule has 0 spiro atoms. The van der Waals surface area contributed by atoms with Gasteiger partial charge in [0.2, 0.25) is 0 Å². The van der Waals surface area contributed by atoms with Crippen LogP contribution in [0.3, 0.4) is 0 Å². The number of carbonyl (C=O) groups is 1. The summed E-state index contributed by atoms with van der Waals surface area (Å²) >= 11 is 0. The first-order valence-electron chi connectivity index (χ1n) is 6.21. The van der Waals surface area contributed by atoms with E-state index < -0.39 is 0 Å². The van der Waals surface area contributed by atoms with Gasteiger partial charge in [-0.1, -0.05) is 33.1 Å². The molecule has 0 aliphatic heterocycles. The van der Waals surface area contributed by atoms with Crippen LogP contribution >= 0.6 is 0 Å². The number of ether oxygens (including phenoxy) is 2. The number of carbonyl (C=O) groups excluding carboxylic acids is 1. The number of hydrogen-bond acceptors (Lipinski definition) is 3. The molecule has 0 saturated carbocycles. The second-order valence-electron chi connectivity index (χ2n) is 3.74. The number of allylic oxidation sites excluding steroid dienone is 2. The number of aldehydes is 1. The molecule has 0 radical (unpaired) electrons. The summed E-state index contributed by atoms with van der Waals surface area (Å²) in [6, 6.07) is 0. The van der Waals surface area contributed by atoms with Gasteiger partial charge in [-0.25, -0.2) is 0 Å². The second kappa shape index (κ2) is 12.2. The minimum absolute atomic E-state index is 0.181. The third-order valence-corrected chi connectivity index (χ3v) is 2.22. The van der Waals surface area contributed by atoms with E-state index in [4.69, 9.17) is 9.47 Å². The van der Waals surface area contributed by atoms with Gasteiger partial charge < -0.3 is 9.47 Å². The van der Waals surface area contributed by atoms with Crippen molar-refractivity contribution in [2.75, 3.05) is 13.4 Å². The van der Waals surface area contributed by atoms with E-state index in [0.29, 0.717) is 12.4 Å². The summed E-state index contributed by atoms with van der Waals surface area (Å²) in [5.74, 6) is 0.393. The Morgan fingerprint density at radius 3 is 2.50 bits per heavy atom. The zero-order valence-electron chi connectivity index (χ0n) is 10.5. The molecule has 0 aliphatic carbocycles. The van der Waals surface area contributed by atoms with Crippen molar-refractivity contribution in [3.8, 4) is 0 Å². The molecule has 0 rings (SSSR count). The lowest BCUT2D eigenvalue weighted by Gasteiger charge is -2.06. The van der Waals surface area contributed by atoms with Gasteiger partial charge in [0.05, 0.1) is 6.61 Å². The van der Waals surface area contributed by atoms with Gasteiger partial charge in [-0.3, -0.25) is 4.79 Å². The van der Waals surface area contributed by atoms with Gasteiger partial charge in [-0.2, -0.15) is 0 Å². The molecule has 0 unspecified atom stereocenters. The molecule has 0 aromatic rings. The molecule has 94 valence electrons. The first-order chi connectivity index (χ1) is 7.85. The predicted molar refractivity (Wildman–Crippen MR) is 65.1 cm³/mol. The lowest BCUT2D eigenvalue weighted by molar-refractivity contribution is -0.111. The maximum atomic E-state index is 10.6. The van der Waals surface area contributed by atoms with Gasteiger partial charge in [-0.05, 0) is 25.3 Å². The molecule has 0 aromatic carbocycles. The Morgan fingerprint density at radius 1 is 1.12 bits per heavy atom. The van der Waals surface area contributed by atoms with Crippen molar-refractivity contribution < 1.29 is 14.3 Å². The van der Waals surface area contributed by atoms with Crippen LogP contribution in [-0.4, -0.2) is 19.7 Å². The number of unbranched alkanes of at least 4 members (excludes halogenated alkanes) is 4. The first-order valence-corrected chi connectivity index (χ1v) is 6.21. The van der Waals surface area contributed by atoms with Crippen LogP contribution in [0.25, 0.3) is 0 Å². The molecule has 16 heavy (non-hydrogen) atoms. The summed E-state index contributed by atoms with van der Waals surface area (Å²) in [4.78, 5) is 10.6. The lowest BCUT2D eigenvalue weighted by Crippen LogP contribution is -2.02. The van der Waals surface area contributed by atoms with Crippen LogP contribution in [0.15, 0.2) is 11.8 Å². The Kier molecular flexibility index (Phi) is 11.6.